The molecule has 1 saturated carbocycles. The van der Waals surface area contributed by atoms with E-state index in [4.69, 9.17) is 26.1 Å². The number of benzene rings is 2. The second kappa shape index (κ2) is 18.7. The van der Waals surface area contributed by atoms with Crippen LogP contribution in [0.4, 0.5) is 17.5 Å². The highest BCUT2D eigenvalue weighted by Crippen LogP contribution is 2.33. The topological polar surface area (TPSA) is 214 Å². The smallest absolute Gasteiger partial charge is 0.293 e. The summed E-state index contributed by atoms with van der Waals surface area (Å²) in [4.78, 5) is 84.4. The fourth-order valence-corrected chi connectivity index (χ4v) is 8.27. The molecular weight excluding hydrogens is 808 g/mol. The van der Waals surface area contributed by atoms with E-state index in [1.807, 2.05) is 32.0 Å². The van der Waals surface area contributed by atoms with Gasteiger partial charge in [0.15, 0.2) is 18.2 Å². The first-order valence-electron chi connectivity index (χ1n) is 20.6. The largest absolute Gasteiger partial charge is 0.507 e. The van der Waals surface area contributed by atoms with Gasteiger partial charge in [-0.25, -0.2) is 4.98 Å². The Morgan fingerprint density at radius 2 is 1.70 bits per heavy atom. The number of hydrogen-bond donors (Lipinski definition) is 4. The minimum absolute atomic E-state index is 0.0653. The summed E-state index contributed by atoms with van der Waals surface area (Å²) in [6, 6.07) is 10.4. The molecule has 322 valence electrons. The quantitative estimate of drug-likeness (QED) is 0.155. The molecule has 4 N–H and O–H groups in total. The standard InChI is InChI=1S/C30H39ClN6O4.C13H10N2O5/c1-19(2)37-25-10-9-21(15-20(25)16-26(29(37)39)40-18-27(38)32-3)34-28-24(31)17-33-30(35-28)36-13-11-23(12-14-36)41-22-7-5-4-6-8-22;16-8-3-1-2-6-10(8)13(20)15(12(6)19)7-4-5-9(17)14-11(7)18/h9-10,15-17,19,22-23H,4-8,11-14,18H2,1-3H3,(H,32,38)(H,33,34,35);1-3,7,16H,4-5H2,(H,14,17,18). The number of nitrogens with zero attached hydrogens (tertiary/aromatic N) is 5. The van der Waals surface area contributed by atoms with Crippen LogP contribution >= 0.6 is 11.6 Å². The number of piperidine rings is 2. The van der Waals surface area contributed by atoms with E-state index in [-0.39, 0.29) is 59.6 Å². The summed E-state index contributed by atoms with van der Waals surface area (Å²) >= 11 is 6.50. The second-order valence-corrected chi connectivity index (χ2v) is 16.1. The molecule has 17 nitrogen and oxygen atoms in total. The van der Waals surface area contributed by atoms with Crippen molar-refractivity contribution in [1.29, 1.82) is 0 Å². The van der Waals surface area contributed by atoms with Gasteiger partial charge >= 0.3 is 0 Å². The number of rotatable bonds is 10. The van der Waals surface area contributed by atoms with E-state index in [1.54, 1.807) is 16.8 Å². The first-order chi connectivity index (χ1) is 29.3. The molecular formula is C43H49ClN8O9. The second-order valence-electron chi connectivity index (χ2n) is 15.7. The Morgan fingerprint density at radius 1 is 0.967 bits per heavy atom. The summed E-state index contributed by atoms with van der Waals surface area (Å²) in [7, 11) is 1.52. The zero-order valence-electron chi connectivity index (χ0n) is 34.2. The molecule has 2 saturated heterocycles. The Labute approximate surface area is 356 Å². The van der Waals surface area contributed by atoms with Crippen molar-refractivity contribution in [2.45, 2.75) is 95.9 Å². The van der Waals surface area contributed by atoms with Gasteiger partial charge < -0.3 is 34.7 Å². The van der Waals surface area contributed by atoms with Crippen molar-refractivity contribution >= 4 is 69.5 Å². The van der Waals surface area contributed by atoms with Gasteiger partial charge in [0.25, 0.3) is 23.3 Å². The molecule has 2 aromatic heterocycles. The predicted octanol–water partition coefficient (Wildman–Crippen LogP) is 5.01. The number of fused-ring (bicyclic) bond motifs is 2. The summed E-state index contributed by atoms with van der Waals surface area (Å²) in [5.41, 5.74) is 1.20. The van der Waals surface area contributed by atoms with E-state index < -0.39 is 29.7 Å². The summed E-state index contributed by atoms with van der Waals surface area (Å²) in [5, 5.41) is 18.8. The van der Waals surface area contributed by atoms with Crippen LogP contribution in [0, 0.1) is 0 Å². The SMILES string of the molecule is CNC(=O)COc1cc2cc(Nc3nc(N4CCC(OC5CCCCC5)CC4)ncc3Cl)ccc2n(C(C)C)c1=O.O=C1CCC(N2C(=O)c3cccc(O)c3C2=O)C(=O)N1. The number of phenols is 1. The fraction of sp³-hybridized carbons (Fsp3) is 0.442. The normalized spacial score (nSPS) is 18.5. The van der Waals surface area contributed by atoms with Crippen molar-refractivity contribution in [2.24, 2.45) is 0 Å². The molecule has 0 radical (unpaired) electrons. The maximum atomic E-state index is 13.1. The molecule has 61 heavy (non-hydrogen) atoms. The molecule has 3 fully saturated rings. The zero-order valence-corrected chi connectivity index (χ0v) is 35.0. The van der Waals surface area contributed by atoms with E-state index in [0.29, 0.717) is 29.0 Å². The van der Waals surface area contributed by atoms with Gasteiger partial charge in [-0.2, -0.15) is 4.98 Å². The van der Waals surface area contributed by atoms with Crippen LogP contribution in [0.3, 0.4) is 0 Å². The third-order valence-corrected chi connectivity index (χ3v) is 11.5. The van der Waals surface area contributed by atoms with Crippen molar-refractivity contribution in [1.82, 2.24) is 30.1 Å². The van der Waals surface area contributed by atoms with Gasteiger partial charge in [0.1, 0.15) is 16.8 Å². The lowest BCUT2D eigenvalue weighted by atomic mass is 9.97. The van der Waals surface area contributed by atoms with Crippen LogP contribution in [-0.4, -0.2) is 99.1 Å². The molecule has 18 heteroatoms. The highest BCUT2D eigenvalue weighted by molar-refractivity contribution is 6.33. The van der Waals surface area contributed by atoms with Crippen molar-refractivity contribution < 1.29 is 38.6 Å². The Morgan fingerprint density at radius 3 is 2.39 bits per heavy atom. The number of aromatic nitrogens is 3. The van der Waals surface area contributed by atoms with Crippen LogP contribution in [-0.2, 0) is 19.1 Å². The van der Waals surface area contributed by atoms with E-state index >= 15 is 0 Å². The van der Waals surface area contributed by atoms with Crippen molar-refractivity contribution in [3.63, 3.8) is 0 Å². The number of pyridine rings is 1. The molecule has 3 aliphatic heterocycles. The number of carbonyl (C=O) groups is 5. The molecule has 5 heterocycles. The highest BCUT2D eigenvalue weighted by atomic mass is 35.5. The average Bonchev–Trinajstić information content (AvgIpc) is 3.50. The first-order valence-corrected chi connectivity index (χ1v) is 21.0. The van der Waals surface area contributed by atoms with Gasteiger partial charge in [0, 0.05) is 43.7 Å². The molecule has 1 atom stereocenters. The molecule has 4 aliphatic rings. The number of aromatic hydroxyl groups is 1. The van der Waals surface area contributed by atoms with E-state index in [9.17, 15) is 33.9 Å². The van der Waals surface area contributed by atoms with Gasteiger partial charge in [-0.3, -0.25) is 39.0 Å². The number of halogens is 1. The Kier molecular flexibility index (Phi) is 13.2. The molecule has 4 aromatic rings. The third-order valence-electron chi connectivity index (χ3n) is 11.3. The summed E-state index contributed by atoms with van der Waals surface area (Å²) in [6.07, 6.45) is 10.7. The van der Waals surface area contributed by atoms with Crippen molar-refractivity contribution in [3.8, 4) is 11.5 Å². The van der Waals surface area contributed by atoms with Gasteiger partial charge in [-0.05, 0) is 82.3 Å². The van der Waals surface area contributed by atoms with Gasteiger partial charge in [0.2, 0.25) is 17.8 Å². The first kappa shape index (κ1) is 43.0. The van der Waals surface area contributed by atoms with Crippen LogP contribution < -0.4 is 31.1 Å². The Hall–Kier alpha value is -6.07. The van der Waals surface area contributed by atoms with Crippen molar-refractivity contribution in [3.05, 3.63) is 75.2 Å². The molecule has 0 spiro atoms. The molecule has 8 rings (SSSR count). The predicted molar refractivity (Wildman–Crippen MR) is 226 cm³/mol. The van der Waals surface area contributed by atoms with Crippen LogP contribution in [0.2, 0.25) is 5.02 Å². The lowest BCUT2D eigenvalue weighted by Crippen LogP contribution is -2.54. The number of likely N-dealkylation sites (N-methyl/N-ethyl adjacent to an activating group) is 1. The lowest BCUT2D eigenvalue weighted by Gasteiger charge is -2.35. The average molecular weight is 857 g/mol. The number of imide groups is 2. The molecule has 1 unspecified atom stereocenters. The molecule has 2 aromatic carbocycles. The van der Waals surface area contributed by atoms with E-state index in [2.05, 4.69) is 25.8 Å². The number of carbonyl (C=O) groups excluding carboxylic acids is 5. The van der Waals surface area contributed by atoms with Crippen molar-refractivity contribution in [2.75, 3.05) is 37.0 Å². The zero-order chi connectivity index (χ0) is 43.4. The van der Waals surface area contributed by atoms with Crippen LogP contribution in [0.25, 0.3) is 10.9 Å². The Bertz CT molecular complexity index is 2410. The molecule has 5 amide bonds. The highest BCUT2D eigenvalue weighted by Gasteiger charge is 2.45. The summed E-state index contributed by atoms with van der Waals surface area (Å²) < 4.78 is 13.6. The molecule has 0 bridgehead atoms. The summed E-state index contributed by atoms with van der Waals surface area (Å²) in [5.74, 6) is -1.79. The van der Waals surface area contributed by atoms with Gasteiger partial charge in [-0.15, -0.1) is 0 Å². The lowest BCUT2D eigenvalue weighted by molar-refractivity contribution is -0.136. The minimum atomic E-state index is -1.01. The van der Waals surface area contributed by atoms with Gasteiger partial charge in [-0.1, -0.05) is 36.9 Å². The maximum Gasteiger partial charge on any atom is 0.293 e. The van der Waals surface area contributed by atoms with Crippen LogP contribution in [0.15, 0.2) is 53.5 Å². The maximum absolute atomic E-state index is 13.1. The number of anilines is 3. The third kappa shape index (κ3) is 9.47. The Balaban J connectivity index is 0.000000233. The van der Waals surface area contributed by atoms with E-state index in [1.165, 1.54) is 57.4 Å². The minimum Gasteiger partial charge on any atom is -0.507 e. The fourth-order valence-electron chi connectivity index (χ4n) is 8.13. The van der Waals surface area contributed by atoms with E-state index in [0.717, 1.165) is 47.4 Å². The number of phenolic OH excluding ortho intramolecular Hbond substituents is 1. The van der Waals surface area contributed by atoms with Crippen LogP contribution in [0.1, 0.15) is 98.4 Å². The number of ether oxygens (including phenoxy) is 2. The monoisotopic (exact) mass is 856 g/mol. The number of hydrogen-bond acceptors (Lipinski definition) is 13. The van der Waals surface area contributed by atoms with Crippen LogP contribution in [0.5, 0.6) is 11.5 Å². The summed E-state index contributed by atoms with van der Waals surface area (Å²) in [6.45, 7) is 5.29. The number of nitrogens with one attached hydrogen (secondary N) is 3. The molecule has 1 aliphatic carbocycles. The number of amides is 5. The van der Waals surface area contributed by atoms with Gasteiger partial charge in [0.05, 0.1) is 35.0 Å².